The highest BCUT2D eigenvalue weighted by molar-refractivity contribution is 5.94. The van der Waals surface area contributed by atoms with Crippen molar-refractivity contribution in [2.75, 3.05) is 18.0 Å². The highest BCUT2D eigenvalue weighted by Crippen LogP contribution is 2.28. The van der Waals surface area contributed by atoms with Gasteiger partial charge in [-0.3, -0.25) is 9.36 Å². The molecule has 26 heavy (non-hydrogen) atoms. The van der Waals surface area contributed by atoms with Crippen LogP contribution in [-0.2, 0) is 0 Å². The molecule has 8 nitrogen and oxygen atoms in total. The summed E-state index contributed by atoms with van der Waals surface area (Å²) in [5, 5.41) is 13.0. The summed E-state index contributed by atoms with van der Waals surface area (Å²) in [4.78, 5) is 25.7. The second-order valence-corrected chi connectivity index (χ2v) is 6.22. The number of hydrogen-bond acceptors (Lipinski definition) is 6. The van der Waals surface area contributed by atoms with Crippen LogP contribution in [0.2, 0.25) is 0 Å². The molecule has 0 amide bonds. The lowest BCUT2D eigenvalue weighted by Gasteiger charge is -2.20. The van der Waals surface area contributed by atoms with Gasteiger partial charge in [-0.15, -0.1) is 0 Å². The largest absolute Gasteiger partial charge is 0.477 e. The van der Waals surface area contributed by atoms with Gasteiger partial charge in [0.25, 0.3) is 0 Å². The van der Waals surface area contributed by atoms with Crippen LogP contribution in [-0.4, -0.2) is 39.9 Å². The van der Waals surface area contributed by atoms with E-state index in [1.165, 1.54) is 29.2 Å². The monoisotopic (exact) mass is 358 g/mol. The summed E-state index contributed by atoms with van der Waals surface area (Å²) in [6.45, 7) is 1.11. The quantitative estimate of drug-likeness (QED) is 0.726. The lowest BCUT2D eigenvalue weighted by Crippen LogP contribution is -2.27. The molecular weight excluding hydrogens is 343 g/mol. The zero-order valence-electron chi connectivity index (χ0n) is 13.6. The Labute approximate surface area is 146 Å². The van der Waals surface area contributed by atoms with Gasteiger partial charge in [0, 0.05) is 31.4 Å². The van der Waals surface area contributed by atoms with Crippen molar-refractivity contribution in [2.24, 2.45) is 5.73 Å². The third-order valence-electron chi connectivity index (χ3n) is 4.54. The number of anilines is 1. The number of rotatable bonds is 3. The summed E-state index contributed by atoms with van der Waals surface area (Å²) in [6.07, 6.45) is 3.23. The van der Waals surface area contributed by atoms with Crippen LogP contribution in [0.15, 0.2) is 40.0 Å². The smallest absolute Gasteiger partial charge is 0.341 e. The van der Waals surface area contributed by atoms with E-state index < -0.39 is 22.8 Å². The van der Waals surface area contributed by atoms with Crippen molar-refractivity contribution < 1.29 is 18.8 Å². The van der Waals surface area contributed by atoms with Gasteiger partial charge in [0.1, 0.15) is 17.6 Å². The van der Waals surface area contributed by atoms with Gasteiger partial charge in [-0.05, 0) is 18.6 Å². The molecule has 1 aliphatic rings. The Morgan fingerprint density at radius 2 is 2.23 bits per heavy atom. The summed E-state index contributed by atoms with van der Waals surface area (Å²) in [5.41, 5.74) is 5.32. The van der Waals surface area contributed by atoms with Crippen LogP contribution in [0.5, 0.6) is 0 Å². The van der Waals surface area contributed by atoms with Crippen LogP contribution in [0, 0.1) is 5.82 Å². The predicted molar refractivity (Wildman–Crippen MR) is 91.3 cm³/mol. The van der Waals surface area contributed by atoms with E-state index in [-0.39, 0.29) is 17.2 Å². The second-order valence-electron chi connectivity index (χ2n) is 6.22. The SMILES string of the molecule is NC1CCN(c2cc3c(cc2F)c(=O)c(C(=O)O)cn3-c2ccon2)C1. The Morgan fingerprint density at radius 3 is 2.85 bits per heavy atom. The van der Waals surface area contributed by atoms with Crippen LogP contribution < -0.4 is 16.1 Å². The molecule has 1 atom stereocenters. The molecule has 1 fully saturated rings. The van der Waals surface area contributed by atoms with Gasteiger partial charge in [0.15, 0.2) is 5.82 Å². The van der Waals surface area contributed by atoms with Gasteiger partial charge in [-0.25, -0.2) is 9.18 Å². The molecule has 134 valence electrons. The summed E-state index contributed by atoms with van der Waals surface area (Å²) >= 11 is 0. The maximum absolute atomic E-state index is 14.7. The van der Waals surface area contributed by atoms with Gasteiger partial charge >= 0.3 is 5.97 Å². The van der Waals surface area contributed by atoms with E-state index in [0.717, 1.165) is 12.5 Å². The molecule has 3 N–H and O–H groups in total. The average molecular weight is 358 g/mol. The lowest BCUT2D eigenvalue weighted by molar-refractivity contribution is 0.0695. The van der Waals surface area contributed by atoms with E-state index in [2.05, 4.69) is 5.16 Å². The maximum atomic E-state index is 14.7. The Bertz CT molecular complexity index is 1060. The Balaban J connectivity index is 2.02. The highest BCUT2D eigenvalue weighted by Gasteiger charge is 2.24. The zero-order chi connectivity index (χ0) is 18.4. The minimum absolute atomic E-state index is 0.0438. The summed E-state index contributed by atoms with van der Waals surface area (Å²) < 4.78 is 20.9. The molecule has 1 aromatic carbocycles. The van der Waals surface area contributed by atoms with Gasteiger partial charge in [-0.1, -0.05) is 5.16 Å². The van der Waals surface area contributed by atoms with Crippen molar-refractivity contribution in [3.05, 3.63) is 52.3 Å². The van der Waals surface area contributed by atoms with Crippen LogP contribution in [0.3, 0.4) is 0 Å². The molecular formula is C17H15FN4O4. The van der Waals surface area contributed by atoms with E-state index in [0.29, 0.717) is 24.3 Å². The fourth-order valence-corrected chi connectivity index (χ4v) is 3.26. The first-order valence-electron chi connectivity index (χ1n) is 7.99. The number of carbonyl (C=O) groups is 1. The first-order valence-corrected chi connectivity index (χ1v) is 7.99. The molecule has 1 unspecified atom stereocenters. The van der Waals surface area contributed by atoms with Crippen LogP contribution in [0.1, 0.15) is 16.8 Å². The molecule has 0 bridgehead atoms. The zero-order valence-corrected chi connectivity index (χ0v) is 13.6. The number of fused-ring (bicyclic) bond motifs is 1. The first-order chi connectivity index (χ1) is 12.5. The number of aromatic nitrogens is 2. The Hall–Kier alpha value is -3.20. The minimum atomic E-state index is -1.40. The van der Waals surface area contributed by atoms with E-state index in [9.17, 15) is 19.1 Å². The van der Waals surface area contributed by atoms with Crippen LogP contribution >= 0.6 is 0 Å². The fraction of sp³-hybridized carbons (Fsp3) is 0.235. The molecule has 0 radical (unpaired) electrons. The Morgan fingerprint density at radius 1 is 1.42 bits per heavy atom. The van der Waals surface area contributed by atoms with E-state index in [1.54, 1.807) is 0 Å². The molecule has 1 saturated heterocycles. The number of nitrogens with two attached hydrogens (primary N) is 1. The van der Waals surface area contributed by atoms with Crippen molar-refractivity contribution in [3.63, 3.8) is 0 Å². The minimum Gasteiger partial charge on any atom is -0.477 e. The summed E-state index contributed by atoms with van der Waals surface area (Å²) in [5.74, 6) is -1.71. The number of halogens is 1. The number of nitrogens with zero attached hydrogens (tertiary/aromatic N) is 3. The lowest BCUT2D eigenvalue weighted by atomic mass is 10.1. The first kappa shape index (κ1) is 16.3. The number of carboxylic acids is 1. The molecule has 2 aromatic heterocycles. The average Bonchev–Trinajstić information content (AvgIpc) is 3.26. The van der Waals surface area contributed by atoms with Gasteiger partial charge in [0.05, 0.1) is 16.6 Å². The van der Waals surface area contributed by atoms with Crippen molar-refractivity contribution in [1.29, 1.82) is 0 Å². The maximum Gasteiger partial charge on any atom is 0.341 e. The van der Waals surface area contributed by atoms with Gasteiger partial charge in [-0.2, -0.15) is 0 Å². The van der Waals surface area contributed by atoms with Gasteiger partial charge in [0.2, 0.25) is 5.43 Å². The normalized spacial score (nSPS) is 17.2. The molecule has 3 aromatic rings. The summed E-state index contributed by atoms with van der Waals surface area (Å²) in [7, 11) is 0. The highest BCUT2D eigenvalue weighted by atomic mass is 19.1. The van der Waals surface area contributed by atoms with Crippen molar-refractivity contribution >= 4 is 22.6 Å². The number of pyridine rings is 1. The van der Waals surface area contributed by atoms with E-state index in [4.69, 9.17) is 10.3 Å². The third-order valence-corrected chi connectivity index (χ3v) is 4.54. The predicted octanol–water partition coefficient (Wildman–Crippen LogP) is 1.35. The van der Waals surface area contributed by atoms with Crippen molar-refractivity contribution in [2.45, 2.75) is 12.5 Å². The number of benzene rings is 1. The topological polar surface area (TPSA) is 115 Å². The molecule has 3 heterocycles. The van der Waals surface area contributed by atoms with Crippen molar-refractivity contribution in [3.8, 4) is 5.82 Å². The van der Waals surface area contributed by atoms with Crippen molar-refractivity contribution in [1.82, 2.24) is 9.72 Å². The van der Waals surface area contributed by atoms with Gasteiger partial charge < -0.3 is 20.3 Å². The van der Waals surface area contributed by atoms with Crippen LogP contribution in [0.25, 0.3) is 16.7 Å². The second kappa shape index (κ2) is 5.95. The standard InChI is InChI=1S/C17H15FN4O4/c18-12-5-10-13(6-14(12)21-3-1-9(19)7-21)22(15-2-4-26-20-15)8-11(16(10)23)17(24)25/h2,4-6,8-9H,1,3,7,19H2,(H,24,25). The number of carboxylic acid groups (broad SMARTS) is 1. The third kappa shape index (κ3) is 2.53. The molecule has 0 aliphatic carbocycles. The van der Waals surface area contributed by atoms with Crippen LogP contribution in [0.4, 0.5) is 10.1 Å². The molecule has 4 rings (SSSR count). The number of hydrogen-bond donors (Lipinski definition) is 2. The fourth-order valence-electron chi connectivity index (χ4n) is 3.26. The Kier molecular flexibility index (Phi) is 3.73. The number of aromatic carboxylic acids is 1. The molecule has 9 heteroatoms. The van der Waals surface area contributed by atoms with E-state index in [1.807, 2.05) is 4.90 Å². The molecule has 0 saturated carbocycles. The molecule has 0 spiro atoms. The summed E-state index contributed by atoms with van der Waals surface area (Å²) in [6, 6.07) is 4.06. The molecule has 1 aliphatic heterocycles. The van der Waals surface area contributed by atoms with E-state index >= 15 is 0 Å².